The predicted molar refractivity (Wildman–Crippen MR) is 58.0 cm³/mol. The van der Waals surface area contributed by atoms with Crippen molar-refractivity contribution in [2.24, 2.45) is 5.92 Å². The fourth-order valence-corrected chi connectivity index (χ4v) is 1.99. The number of esters is 1. The Morgan fingerprint density at radius 3 is 2.76 bits per heavy atom. The topological polar surface area (TPSA) is 73.3 Å². The van der Waals surface area contributed by atoms with E-state index in [1.165, 1.54) is 12.3 Å². The summed E-state index contributed by atoms with van der Waals surface area (Å²) in [5.74, 6) is -3.48. The number of hydrogen-bond acceptors (Lipinski definition) is 5. The molecule has 0 bridgehead atoms. The summed E-state index contributed by atoms with van der Waals surface area (Å²) in [7, 11) is 0. The number of hydrogen-bond donors (Lipinski definition) is 0. The zero-order valence-corrected chi connectivity index (χ0v) is 9.65. The average molecular weight is 254 g/mol. The quantitative estimate of drug-likeness (QED) is 0.451. The zero-order valence-electron chi connectivity index (χ0n) is 8.90. The molecule has 1 aromatic heterocycles. The molecule has 88 valence electrons. The molecule has 1 atom stereocenters. The van der Waals surface area contributed by atoms with Crippen molar-refractivity contribution >= 4 is 29.1 Å². The van der Waals surface area contributed by atoms with E-state index in [2.05, 4.69) is 4.98 Å². The molecule has 17 heavy (non-hydrogen) atoms. The molecule has 2 rings (SSSR count). The highest BCUT2D eigenvalue weighted by molar-refractivity contribution is 6.41. The maximum Gasteiger partial charge on any atom is 0.324 e. The lowest BCUT2D eigenvalue weighted by Gasteiger charge is -2.05. The molecule has 0 aliphatic heterocycles. The van der Waals surface area contributed by atoms with Crippen LogP contribution in [0.1, 0.15) is 27.6 Å². The summed E-state index contributed by atoms with van der Waals surface area (Å²) in [4.78, 5) is 39.0. The summed E-state index contributed by atoms with van der Waals surface area (Å²) in [6.07, 6.45) is 1.32. The van der Waals surface area contributed by atoms with Crippen LogP contribution >= 0.6 is 11.6 Å². The van der Waals surface area contributed by atoms with E-state index in [0.717, 1.165) is 0 Å². The molecule has 0 saturated heterocycles. The molecule has 0 spiro atoms. The van der Waals surface area contributed by atoms with Crippen LogP contribution in [0.2, 0.25) is 5.15 Å². The van der Waals surface area contributed by atoms with Gasteiger partial charge in [-0.1, -0.05) is 11.6 Å². The van der Waals surface area contributed by atoms with E-state index in [9.17, 15) is 14.4 Å². The molecule has 0 fully saturated rings. The Morgan fingerprint density at radius 2 is 2.18 bits per heavy atom. The second-order valence-corrected chi connectivity index (χ2v) is 3.80. The molecule has 1 unspecified atom stereocenters. The minimum atomic E-state index is -1.42. The first-order valence-electron chi connectivity index (χ1n) is 4.97. The molecule has 1 aromatic rings. The van der Waals surface area contributed by atoms with Crippen molar-refractivity contribution in [2.75, 3.05) is 6.61 Å². The summed E-state index contributed by atoms with van der Waals surface area (Å²) >= 11 is 5.74. The van der Waals surface area contributed by atoms with Crippen LogP contribution in [0.4, 0.5) is 0 Å². The van der Waals surface area contributed by atoms with Crippen molar-refractivity contribution in [3.05, 3.63) is 28.5 Å². The molecular formula is C11H8ClNO4. The SMILES string of the molecule is CCOC(=O)C1C(=O)c2ccnc(Cl)c2C1=O. The van der Waals surface area contributed by atoms with Crippen molar-refractivity contribution in [3.8, 4) is 0 Å². The molecule has 0 radical (unpaired) electrons. The molecule has 0 N–H and O–H groups in total. The molecule has 0 amide bonds. The van der Waals surface area contributed by atoms with E-state index in [0.29, 0.717) is 0 Å². The maximum atomic E-state index is 11.9. The number of carbonyl (C=O) groups is 3. The van der Waals surface area contributed by atoms with Crippen LogP contribution in [0.3, 0.4) is 0 Å². The van der Waals surface area contributed by atoms with Gasteiger partial charge in [-0.25, -0.2) is 4.98 Å². The van der Waals surface area contributed by atoms with Crippen molar-refractivity contribution in [2.45, 2.75) is 6.92 Å². The number of pyridine rings is 1. The van der Waals surface area contributed by atoms with E-state index in [4.69, 9.17) is 16.3 Å². The summed E-state index contributed by atoms with van der Waals surface area (Å²) in [5, 5.41) is -0.0624. The van der Waals surface area contributed by atoms with Crippen molar-refractivity contribution in [1.82, 2.24) is 4.98 Å². The van der Waals surface area contributed by atoms with Gasteiger partial charge in [-0.3, -0.25) is 14.4 Å². The number of ether oxygens (including phenoxy) is 1. The lowest BCUT2D eigenvalue weighted by Crippen LogP contribution is -2.27. The monoisotopic (exact) mass is 253 g/mol. The highest BCUT2D eigenvalue weighted by Crippen LogP contribution is 2.31. The third-order valence-electron chi connectivity index (χ3n) is 2.46. The van der Waals surface area contributed by atoms with Crippen molar-refractivity contribution < 1.29 is 19.1 Å². The van der Waals surface area contributed by atoms with Gasteiger partial charge in [-0.05, 0) is 13.0 Å². The molecule has 6 heteroatoms. The smallest absolute Gasteiger partial charge is 0.324 e. The lowest BCUT2D eigenvalue weighted by atomic mass is 10.0. The second kappa shape index (κ2) is 4.25. The normalized spacial score (nSPS) is 18.1. The third-order valence-corrected chi connectivity index (χ3v) is 2.75. The van der Waals surface area contributed by atoms with Crippen LogP contribution in [-0.4, -0.2) is 29.1 Å². The summed E-state index contributed by atoms with van der Waals surface area (Å²) in [5.41, 5.74) is 0.144. The van der Waals surface area contributed by atoms with Gasteiger partial charge in [0, 0.05) is 11.8 Å². The van der Waals surface area contributed by atoms with Gasteiger partial charge < -0.3 is 4.74 Å². The molecule has 0 aromatic carbocycles. The maximum absolute atomic E-state index is 11.9. The number of aromatic nitrogens is 1. The van der Waals surface area contributed by atoms with Crippen LogP contribution in [-0.2, 0) is 9.53 Å². The largest absolute Gasteiger partial charge is 0.465 e. The molecule has 1 aliphatic rings. The van der Waals surface area contributed by atoms with Crippen LogP contribution in [0.5, 0.6) is 0 Å². The van der Waals surface area contributed by atoms with Crippen molar-refractivity contribution in [1.29, 1.82) is 0 Å². The Bertz CT molecular complexity index is 526. The van der Waals surface area contributed by atoms with Gasteiger partial charge in [0.2, 0.25) is 0 Å². The molecule has 5 nitrogen and oxygen atoms in total. The van der Waals surface area contributed by atoms with Gasteiger partial charge in [0.25, 0.3) is 0 Å². The van der Waals surface area contributed by atoms with Gasteiger partial charge in [0.15, 0.2) is 17.5 Å². The Balaban J connectivity index is 2.46. The second-order valence-electron chi connectivity index (χ2n) is 3.44. The first-order valence-corrected chi connectivity index (χ1v) is 5.35. The van der Waals surface area contributed by atoms with Gasteiger partial charge in [0.05, 0.1) is 12.2 Å². The Morgan fingerprint density at radius 1 is 1.47 bits per heavy atom. The summed E-state index contributed by atoms with van der Waals surface area (Å²) in [6, 6.07) is 1.38. The van der Waals surface area contributed by atoms with E-state index in [-0.39, 0.29) is 22.9 Å². The third kappa shape index (κ3) is 1.72. The number of carbonyl (C=O) groups excluding carboxylic acids is 3. The number of nitrogens with zero attached hydrogens (tertiary/aromatic N) is 1. The molecule has 0 saturated carbocycles. The molecular weight excluding hydrogens is 246 g/mol. The Hall–Kier alpha value is -1.75. The average Bonchev–Trinajstić information content (AvgIpc) is 2.53. The fourth-order valence-electron chi connectivity index (χ4n) is 1.73. The lowest BCUT2D eigenvalue weighted by molar-refractivity contribution is -0.144. The number of ketones is 2. The van der Waals surface area contributed by atoms with E-state index < -0.39 is 23.5 Å². The highest BCUT2D eigenvalue weighted by Gasteiger charge is 2.45. The standard InChI is InChI=1S/C11H8ClNO4/c1-2-17-11(16)7-8(14)5-3-4-13-10(12)6(5)9(7)15/h3-4,7H,2H2,1H3. The van der Waals surface area contributed by atoms with E-state index in [1.54, 1.807) is 6.92 Å². The molecule has 1 aliphatic carbocycles. The Labute approximate surface area is 102 Å². The predicted octanol–water partition coefficient (Wildman–Crippen LogP) is 1.29. The summed E-state index contributed by atoms with van der Waals surface area (Å²) in [6.45, 7) is 1.71. The van der Waals surface area contributed by atoms with Crippen LogP contribution in [0, 0.1) is 5.92 Å². The van der Waals surface area contributed by atoms with Crippen LogP contribution in [0.15, 0.2) is 12.3 Å². The number of halogens is 1. The zero-order chi connectivity index (χ0) is 12.6. The minimum absolute atomic E-state index is 0.0113. The van der Waals surface area contributed by atoms with E-state index in [1.807, 2.05) is 0 Å². The fraction of sp³-hybridized carbons (Fsp3) is 0.273. The molecule has 1 heterocycles. The summed E-state index contributed by atoms with van der Waals surface area (Å²) < 4.78 is 4.69. The van der Waals surface area contributed by atoms with Gasteiger partial charge >= 0.3 is 5.97 Å². The van der Waals surface area contributed by atoms with Crippen LogP contribution < -0.4 is 0 Å². The first-order chi connectivity index (χ1) is 8.07. The number of rotatable bonds is 2. The van der Waals surface area contributed by atoms with Gasteiger partial charge in [-0.2, -0.15) is 0 Å². The van der Waals surface area contributed by atoms with E-state index >= 15 is 0 Å². The Kier molecular flexibility index (Phi) is 2.93. The first kappa shape index (κ1) is 11.7. The number of Topliss-reactive ketones (excluding diaryl/α,β-unsaturated/α-hetero) is 2. The van der Waals surface area contributed by atoms with Gasteiger partial charge in [0.1, 0.15) is 5.15 Å². The van der Waals surface area contributed by atoms with Crippen LogP contribution in [0.25, 0.3) is 0 Å². The number of fused-ring (bicyclic) bond motifs is 1. The highest BCUT2D eigenvalue weighted by atomic mass is 35.5. The minimum Gasteiger partial charge on any atom is -0.465 e. The van der Waals surface area contributed by atoms with Gasteiger partial charge in [-0.15, -0.1) is 0 Å². The van der Waals surface area contributed by atoms with Crippen molar-refractivity contribution in [3.63, 3.8) is 0 Å².